The Labute approximate surface area is 168 Å². The van der Waals surface area contributed by atoms with Gasteiger partial charge < -0.3 is 14.5 Å². The summed E-state index contributed by atoms with van der Waals surface area (Å²) in [5, 5.41) is 2.94. The Balaban J connectivity index is 2.47. The first-order chi connectivity index (χ1) is 12.9. The maximum Gasteiger partial charge on any atom is 0.263 e. The minimum atomic E-state index is -0.477. The van der Waals surface area contributed by atoms with Crippen molar-refractivity contribution >= 4 is 27.5 Å². The van der Waals surface area contributed by atoms with E-state index in [9.17, 15) is 9.59 Å². The van der Waals surface area contributed by atoms with Crippen molar-refractivity contribution < 1.29 is 13.9 Å². The number of halogens is 1. The largest absolute Gasteiger partial charge is 0.462 e. The Morgan fingerprint density at radius 1 is 1.19 bits per heavy atom. The molecule has 0 spiro atoms. The van der Waals surface area contributed by atoms with Crippen molar-refractivity contribution in [2.24, 2.45) is 0 Å². The van der Waals surface area contributed by atoms with Crippen molar-refractivity contribution in [2.75, 3.05) is 11.9 Å². The van der Waals surface area contributed by atoms with Gasteiger partial charge in [0, 0.05) is 12.3 Å². The fourth-order valence-corrected chi connectivity index (χ4v) is 3.18. The summed E-state index contributed by atoms with van der Waals surface area (Å²) in [4.78, 5) is 25.8. The van der Waals surface area contributed by atoms with Crippen molar-refractivity contribution in [1.82, 2.24) is 0 Å². The fourth-order valence-electron chi connectivity index (χ4n) is 2.90. The van der Waals surface area contributed by atoms with Gasteiger partial charge in [0.2, 0.25) is 5.43 Å². The smallest absolute Gasteiger partial charge is 0.263 e. The van der Waals surface area contributed by atoms with Crippen LogP contribution in [0, 0.1) is 6.92 Å². The molecule has 6 heteroatoms. The SMILES string of the molecule is CCCOCc1oc(C)c(Br)c(=O)c1C(=O)Nc1c(CC)cccc1CC. The van der Waals surface area contributed by atoms with E-state index in [2.05, 4.69) is 21.2 Å². The number of aryl methyl sites for hydroxylation is 3. The van der Waals surface area contributed by atoms with Crippen LogP contribution in [0.15, 0.2) is 31.9 Å². The highest BCUT2D eigenvalue weighted by molar-refractivity contribution is 9.10. The summed E-state index contributed by atoms with van der Waals surface area (Å²) in [5.41, 5.74) is 2.42. The second-order valence-corrected chi connectivity index (χ2v) is 7.06. The lowest BCUT2D eigenvalue weighted by atomic mass is 10.0. The van der Waals surface area contributed by atoms with Gasteiger partial charge in [-0.25, -0.2) is 0 Å². The number of carbonyl (C=O) groups excluding carboxylic acids is 1. The van der Waals surface area contributed by atoms with Gasteiger partial charge in [-0.15, -0.1) is 0 Å². The Morgan fingerprint density at radius 2 is 1.81 bits per heavy atom. The lowest BCUT2D eigenvalue weighted by Crippen LogP contribution is -2.26. The van der Waals surface area contributed by atoms with Crippen molar-refractivity contribution in [3.05, 3.63) is 61.1 Å². The van der Waals surface area contributed by atoms with Gasteiger partial charge in [0.25, 0.3) is 5.91 Å². The van der Waals surface area contributed by atoms with Crippen LogP contribution in [0.5, 0.6) is 0 Å². The molecule has 0 atom stereocenters. The molecular weight excluding hydrogens is 410 g/mol. The Morgan fingerprint density at radius 3 is 2.37 bits per heavy atom. The summed E-state index contributed by atoms with van der Waals surface area (Å²) >= 11 is 3.23. The minimum absolute atomic E-state index is 0.0171. The first-order valence-corrected chi connectivity index (χ1v) is 10.1. The number of amides is 1. The van der Waals surface area contributed by atoms with Crippen LogP contribution >= 0.6 is 15.9 Å². The molecule has 1 N–H and O–H groups in total. The highest BCUT2D eigenvalue weighted by atomic mass is 79.9. The van der Waals surface area contributed by atoms with Crippen LogP contribution in [0.25, 0.3) is 0 Å². The van der Waals surface area contributed by atoms with E-state index >= 15 is 0 Å². The minimum Gasteiger partial charge on any atom is -0.462 e. The molecule has 146 valence electrons. The average Bonchev–Trinajstić information content (AvgIpc) is 2.66. The maximum absolute atomic E-state index is 13.0. The monoisotopic (exact) mass is 435 g/mol. The number of hydrogen-bond acceptors (Lipinski definition) is 4. The standard InChI is InChI=1S/C21H26BrNO4/c1-5-11-26-12-16-17(20(24)18(22)13(4)27-16)21(25)23-19-14(6-2)9-8-10-15(19)7-3/h8-10H,5-7,11-12H2,1-4H3,(H,23,25). The molecule has 2 aromatic rings. The van der Waals surface area contributed by atoms with Crippen LogP contribution in [-0.4, -0.2) is 12.5 Å². The molecule has 0 saturated heterocycles. The molecule has 1 aromatic carbocycles. The van der Waals surface area contributed by atoms with E-state index < -0.39 is 11.3 Å². The van der Waals surface area contributed by atoms with Crippen LogP contribution in [0.4, 0.5) is 5.69 Å². The van der Waals surface area contributed by atoms with Crippen LogP contribution in [0.3, 0.4) is 0 Å². The molecule has 0 bridgehead atoms. The lowest BCUT2D eigenvalue weighted by Gasteiger charge is -2.16. The van der Waals surface area contributed by atoms with E-state index in [0.717, 1.165) is 36.1 Å². The molecule has 0 aliphatic heterocycles. The molecule has 0 radical (unpaired) electrons. The third-order valence-corrected chi connectivity index (χ3v) is 5.26. The topological polar surface area (TPSA) is 68.5 Å². The number of para-hydroxylation sites is 1. The predicted molar refractivity (Wildman–Crippen MR) is 111 cm³/mol. The molecule has 5 nitrogen and oxygen atoms in total. The van der Waals surface area contributed by atoms with E-state index in [-0.39, 0.29) is 22.4 Å². The molecule has 0 unspecified atom stereocenters. The second kappa shape index (κ2) is 9.85. The number of anilines is 1. The van der Waals surface area contributed by atoms with Gasteiger partial charge in [0.05, 0.1) is 0 Å². The molecule has 1 aromatic heterocycles. The van der Waals surface area contributed by atoms with Crippen LogP contribution < -0.4 is 10.7 Å². The highest BCUT2D eigenvalue weighted by Crippen LogP contribution is 2.24. The second-order valence-electron chi connectivity index (χ2n) is 6.26. The Kier molecular flexibility index (Phi) is 7.80. The van der Waals surface area contributed by atoms with Gasteiger partial charge in [-0.05, 0) is 53.2 Å². The summed E-state index contributed by atoms with van der Waals surface area (Å²) in [6.45, 7) is 8.34. The van der Waals surface area contributed by atoms with Gasteiger partial charge in [-0.3, -0.25) is 9.59 Å². The lowest BCUT2D eigenvalue weighted by molar-refractivity contribution is 0.0952. The first kappa shape index (κ1) is 21.4. The summed E-state index contributed by atoms with van der Waals surface area (Å²) in [5.74, 6) is 0.198. The van der Waals surface area contributed by atoms with Crippen LogP contribution in [-0.2, 0) is 24.2 Å². The predicted octanol–water partition coefficient (Wildman–Crippen LogP) is 5.01. The fraction of sp³-hybridized carbons (Fsp3) is 0.429. The zero-order chi connectivity index (χ0) is 20.0. The number of hydrogen-bond donors (Lipinski definition) is 1. The van der Waals surface area contributed by atoms with Crippen molar-refractivity contribution in [3.63, 3.8) is 0 Å². The summed E-state index contributed by atoms with van der Waals surface area (Å²) < 4.78 is 11.5. The van der Waals surface area contributed by atoms with E-state index in [1.165, 1.54) is 0 Å². The Hall–Kier alpha value is -1.92. The molecule has 0 fully saturated rings. The first-order valence-electron chi connectivity index (χ1n) is 9.26. The molecule has 0 aliphatic rings. The van der Waals surface area contributed by atoms with Gasteiger partial charge in [0.1, 0.15) is 28.2 Å². The van der Waals surface area contributed by atoms with E-state index in [0.29, 0.717) is 12.4 Å². The number of nitrogens with one attached hydrogen (secondary N) is 1. The zero-order valence-corrected chi connectivity index (χ0v) is 17.9. The Bertz CT molecular complexity index is 851. The van der Waals surface area contributed by atoms with Gasteiger partial charge >= 0.3 is 0 Å². The highest BCUT2D eigenvalue weighted by Gasteiger charge is 2.23. The van der Waals surface area contributed by atoms with Crippen molar-refractivity contribution in [1.29, 1.82) is 0 Å². The third-order valence-electron chi connectivity index (χ3n) is 4.34. The van der Waals surface area contributed by atoms with Gasteiger partial charge in [-0.2, -0.15) is 0 Å². The molecule has 0 saturated carbocycles. The third kappa shape index (κ3) is 4.87. The maximum atomic E-state index is 13.0. The van der Waals surface area contributed by atoms with E-state index in [1.54, 1.807) is 6.92 Å². The number of ether oxygens (including phenoxy) is 1. The van der Waals surface area contributed by atoms with E-state index in [1.807, 2.05) is 39.0 Å². The molecule has 27 heavy (non-hydrogen) atoms. The zero-order valence-electron chi connectivity index (χ0n) is 16.3. The summed E-state index contributed by atoms with van der Waals surface area (Å²) in [6, 6.07) is 5.94. The number of rotatable bonds is 8. The quantitative estimate of drug-likeness (QED) is 0.591. The summed E-state index contributed by atoms with van der Waals surface area (Å²) in [7, 11) is 0. The average molecular weight is 436 g/mol. The van der Waals surface area contributed by atoms with E-state index in [4.69, 9.17) is 9.15 Å². The molecule has 2 rings (SSSR count). The van der Waals surface area contributed by atoms with Crippen molar-refractivity contribution in [2.45, 2.75) is 53.6 Å². The molecular formula is C21H26BrNO4. The molecule has 0 aliphatic carbocycles. The number of benzene rings is 1. The normalized spacial score (nSPS) is 10.9. The number of carbonyl (C=O) groups is 1. The van der Waals surface area contributed by atoms with Crippen molar-refractivity contribution in [3.8, 4) is 0 Å². The van der Waals surface area contributed by atoms with Crippen LogP contribution in [0.2, 0.25) is 0 Å². The summed E-state index contributed by atoms with van der Waals surface area (Å²) in [6.07, 6.45) is 2.40. The molecule has 1 amide bonds. The molecule has 1 heterocycles. The van der Waals surface area contributed by atoms with Gasteiger partial charge in [0.15, 0.2) is 0 Å². The van der Waals surface area contributed by atoms with Gasteiger partial charge in [-0.1, -0.05) is 39.0 Å². The van der Waals surface area contributed by atoms with Crippen LogP contribution in [0.1, 0.15) is 60.2 Å².